The lowest BCUT2D eigenvalue weighted by molar-refractivity contribution is 0.0995. The monoisotopic (exact) mass is 242 g/mol. The molecule has 4 heteroatoms. The third kappa shape index (κ3) is 1.97. The molecule has 2 N–H and O–H groups in total. The zero-order valence-corrected chi connectivity index (χ0v) is 10.1. The summed E-state index contributed by atoms with van der Waals surface area (Å²) in [4.78, 5) is 11.9. The number of nitrogens with one attached hydrogen (secondary N) is 2. The third-order valence-corrected chi connectivity index (χ3v) is 3.04. The molecule has 0 bridgehead atoms. The number of benzene rings is 1. The standard InChI is InChI=1S/C14H14N2O2/c1-9-2-5-13(18-9)14(17)16-11-3-4-12-10(8-11)6-7-15-12/h2-5,8,15H,6-7H2,1H3,(H,16,17). The van der Waals surface area contributed by atoms with Crippen LogP contribution in [-0.2, 0) is 6.42 Å². The number of carbonyl (C=O) groups excluding carboxylic acids is 1. The highest BCUT2D eigenvalue weighted by molar-refractivity contribution is 6.02. The number of hydrogen-bond acceptors (Lipinski definition) is 3. The van der Waals surface area contributed by atoms with Gasteiger partial charge in [0, 0.05) is 17.9 Å². The predicted molar refractivity (Wildman–Crippen MR) is 70.0 cm³/mol. The lowest BCUT2D eigenvalue weighted by Gasteiger charge is -2.05. The van der Waals surface area contributed by atoms with Gasteiger partial charge in [-0.2, -0.15) is 0 Å². The van der Waals surface area contributed by atoms with E-state index in [2.05, 4.69) is 10.6 Å². The second-order valence-electron chi connectivity index (χ2n) is 4.41. The second-order valence-corrected chi connectivity index (χ2v) is 4.41. The Bertz CT molecular complexity index is 602. The Kier molecular flexibility index (Phi) is 2.55. The van der Waals surface area contributed by atoms with Gasteiger partial charge in [-0.25, -0.2) is 0 Å². The van der Waals surface area contributed by atoms with Crippen molar-refractivity contribution in [2.75, 3.05) is 17.2 Å². The summed E-state index contributed by atoms with van der Waals surface area (Å²) in [7, 11) is 0. The van der Waals surface area contributed by atoms with E-state index in [1.165, 1.54) is 5.56 Å². The number of carbonyl (C=O) groups is 1. The van der Waals surface area contributed by atoms with Crippen LogP contribution in [0.2, 0.25) is 0 Å². The van der Waals surface area contributed by atoms with Crippen molar-refractivity contribution in [3.05, 3.63) is 47.4 Å². The Labute approximate surface area is 105 Å². The number of rotatable bonds is 2. The lowest BCUT2D eigenvalue weighted by Crippen LogP contribution is -2.10. The first-order valence-corrected chi connectivity index (χ1v) is 5.97. The smallest absolute Gasteiger partial charge is 0.291 e. The van der Waals surface area contributed by atoms with Crippen LogP contribution in [0.25, 0.3) is 0 Å². The Morgan fingerprint density at radius 2 is 2.22 bits per heavy atom. The summed E-state index contributed by atoms with van der Waals surface area (Å²) in [6, 6.07) is 9.35. The van der Waals surface area contributed by atoms with Gasteiger partial charge in [-0.3, -0.25) is 4.79 Å². The van der Waals surface area contributed by atoms with Gasteiger partial charge in [-0.1, -0.05) is 0 Å². The minimum atomic E-state index is -0.214. The molecule has 0 atom stereocenters. The van der Waals surface area contributed by atoms with E-state index in [9.17, 15) is 4.79 Å². The molecule has 2 aromatic rings. The van der Waals surface area contributed by atoms with Gasteiger partial charge in [-0.15, -0.1) is 0 Å². The molecular formula is C14H14N2O2. The minimum Gasteiger partial charge on any atom is -0.456 e. The Morgan fingerprint density at radius 3 is 3.00 bits per heavy atom. The number of amides is 1. The number of fused-ring (bicyclic) bond motifs is 1. The maximum Gasteiger partial charge on any atom is 0.291 e. The van der Waals surface area contributed by atoms with Gasteiger partial charge in [0.2, 0.25) is 0 Å². The Balaban J connectivity index is 1.78. The fraction of sp³-hybridized carbons (Fsp3) is 0.214. The maximum atomic E-state index is 11.9. The number of aryl methyl sites for hydroxylation is 1. The van der Waals surface area contributed by atoms with E-state index < -0.39 is 0 Å². The minimum absolute atomic E-state index is 0.214. The van der Waals surface area contributed by atoms with E-state index in [1.807, 2.05) is 25.1 Å². The molecule has 1 amide bonds. The van der Waals surface area contributed by atoms with Crippen molar-refractivity contribution < 1.29 is 9.21 Å². The molecule has 1 aromatic heterocycles. The molecule has 1 aliphatic rings. The lowest BCUT2D eigenvalue weighted by atomic mass is 10.1. The van der Waals surface area contributed by atoms with E-state index in [1.54, 1.807) is 12.1 Å². The molecule has 1 aliphatic heterocycles. The molecule has 1 aromatic carbocycles. The van der Waals surface area contributed by atoms with Crippen molar-refractivity contribution in [1.82, 2.24) is 0 Å². The van der Waals surface area contributed by atoms with Gasteiger partial charge in [0.15, 0.2) is 5.76 Å². The maximum absolute atomic E-state index is 11.9. The first-order chi connectivity index (χ1) is 8.72. The molecule has 18 heavy (non-hydrogen) atoms. The van der Waals surface area contributed by atoms with Crippen LogP contribution in [0.3, 0.4) is 0 Å². The molecule has 0 saturated heterocycles. The van der Waals surface area contributed by atoms with E-state index >= 15 is 0 Å². The average molecular weight is 242 g/mol. The van der Waals surface area contributed by atoms with Crippen LogP contribution in [0.5, 0.6) is 0 Å². The van der Waals surface area contributed by atoms with Crippen molar-refractivity contribution in [1.29, 1.82) is 0 Å². The average Bonchev–Trinajstić information content (AvgIpc) is 2.96. The van der Waals surface area contributed by atoms with Crippen molar-refractivity contribution in [2.24, 2.45) is 0 Å². The fourth-order valence-corrected chi connectivity index (χ4v) is 2.13. The van der Waals surface area contributed by atoms with Crippen LogP contribution in [0.1, 0.15) is 21.9 Å². The van der Waals surface area contributed by atoms with Gasteiger partial charge in [-0.05, 0) is 49.2 Å². The highest BCUT2D eigenvalue weighted by Crippen LogP contribution is 2.25. The molecule has 0 unspecified atom stereocenters. The molecule has 0 saturated carbocycles. The van der Waals surface area contributed by atoms with Crippen LogP contribution >= 0.6 is 0 Å². The van der Waals surface area contributed by atoms with Gasteiger partial charge < -0.3 is 15.1 Å². The highest BCUT2D eigenvalue weighted by Gasteiger charge is 2.13. The highest BCUT2D eigenvalue weighted by atomic mass is 16.3. The van der Waals surface area contributed by atoms with Crippen LogP contribution in [0, 0.1) is 6.92 Å². The molecule has 3 rings (SSSR count). The van der Waals surface area contributed by atoms with E-state index in [0.717, 1.165) is 30.1 Å². The quantitative estimate of drug-likeness (QED) is 0.851. The number of anilines is 2. The molecule has 2 heterocycles. The topological polar surface area (TPSA) is 54.3 Å². The zero-order valence-electron chi connectivity index (χ0n) is 10.1. The van der Waals surface area contributed by atoms with E-state index in [0.29, 0.717) is 5.76 Å². The Hall–Kier alpha value is -2.23. The van der Waals surface area contributed by atoms with E-state index in [-0.39, 0.29) is 5.91 Å². The molecule has 0 fully saturated rings. The Morgan fingerprint density at radius 1 is 1.33 bits per heavy atom. The van der Waals surface area contributed by atoms with Crippen LogP contribution < -0.4 is 10.6 Å². The van der Waals surface area contributed by atoms with Crippen molar-refractivity contribution in [3.63, 3.8) is 0 Å². The largest absolute Gasteiger partial charge is 0.456 e. The molecule has 92 valence electrons. The van der Waals surface area contributed by atoms with E-state index in [4.69, 9.17) is 4.42 Å². The van der Waals surface area contributed by atoms with Crippen LogP contribution in [0.4, 0.5) is 11.4 Å². The van der Waals surface area contributed by atoms with Crippen molar-refractivity contribution >= 4 is 17.3 Å². The summed E-state index contributed by atoms with van der Waals surface area (Å²) < 4.78 is 5.29. The second kappa shape index (κ2) is 4.22. The summed E-state index contributed by atoms with van der Waals surface area (Å²) in [6.07, 6.45) is 0.999. The first kappa shape index (κ1) is 10.9. The summed E-state index contributed by atoms with van der Waals surface area (Å²) >= 11 is 0. The molecule has 4 nitrogen and oxygen atoms in total. The van der Waals surface area contributed by atoms with Crippen LogP contribution in [0.15, 0.2) is 34.7 Å². The summed E-state index contributed by atoms with van der Waals surface area (Å²) in [5, 5.41) is 6.13. The van der Waals surface area contributed by atoms with Crippen molar-refractivity contribution in [2.45, 2.75) is 13.3 Å². The number of furan rings is 1. The summed E-state index contributed by atoms with van der Waals surface area (Å²) in [5.41, 5.74) is 3.20. The molecule has 0 radical (unpaired) electrons. The molecular weight excluding hydrogens is 228 g/mol. The zero-order chi connectivity index (χ0) is 12.5. The fourth-order valence-electron chi connectivity index (χ4n) is 2.13. The normalized spacial score (nSPS) is 12.9. The molecule has 0 aliphatic carbocycles. The van der Waals surface area contributed by atoms with Crippen molar-refractivity contribution in [3.8, 4) is 0 Å². The van der Waals surface area contributed by atoms with Gasteiger partial charge in [0.25, 0.3) is 5.91 Å². The molecule has 0 spiro atoms. The van der Waals surface area contributed by atoms with Crippen LogP contribution in [-0.4, -0.2) is 12.5 Å². The van der Waals surface area contributed by atoms with Gasteiger partial charge in [0.05, 0.1) is 0 Å². The first-order valence-electron chi connectivity index (χ1n) is 5.97. The third-order valence-electron chi connectivity index (χ3n) is 3.04. The predicted octanol–water partition coefficient (Wildman–Crippen LogP) is 2.81. The van der Waals surface area contributed by atoms with Gasteiger partial charge in [0.1, 0.15) is 5.76 Å². The number of hydrogen-bond donors (Lipinski definition) is 2. The van der Waals surface area contributed by atoms with Gasteiger partial charge >= 0.3 is 0 Å². The summed E-state index contributed by atoms with van der Waals surface area (Å²) in [5.74, 6) is 0.860. The SMILES string of the molecule is Cc1ccc(C(=O)Nc2ccc3c(c2)CCN3)o1. The summed E-state index contributed by atoms with van der Waals surface area (Å²) in [6.45, 7) is 2.78.